The van der Waals surface area contributed by atoms with Gasteiger partial charge < -0.3 is 24.4 Å². The van der Waals surface area contributed by atoms with E-state index in [0.717, 1.165) is 55.0 Å². The van der Waals surface area contributed by atoms with E-state index in [1.54, 1.807) is 21.3 Å². The number of hydrogen-bond acceptors (Lipinski definition) is 6. The summed E-state index contributed by atoms with van der Waals surface area (Å²) in [7, 11) is 7.20. The van der Waals surface area contributed by atoms with E-state index in [9.17, 15) is 4.79 Å². The minimum Gasteiger partial charge on any atom is -0.497 e. The maximum absolute atomic E-state index is 12.6. The van der Waals surface area contributed by atoms with Crippen LogP contribution in [0.4, 0.5) is 4.79 Å². The molecule has 7 nitrogen and oxygen atoms in total. The third-order valence-electron chi connectivity index (χ3n) is 7.38. The van der Waals surface area contributed by atoms with E-state index in [-0.39, 0.29) is 17.5 Å². The fourth-order valence-electron chi connectivity index (χ4n) is 5.52. The molecule has 3 atom stereocenters. The first-order chi connectivity index (χ1) is 16.5. The van der Waals surface area contributed by atoms with E-state index >= 15 is 0 Å². The van der Waals surface area contributed by atoms with Crippen LogP contribution < -0.4 is 24.2 Å². The third-order valence-corrected chi connectivity index (χ3v) is 8.19. The molecule has 8 heteroatoms. The number of rotatable bonds is 8. The summed E-state index contributed by atoms with van der Waals surface area (Å²) in [5.41, 5.74) is 2.51. The molecule has 0 radical (unpaired) electrons. The summed E-state index contributed by atoms with van der Waals surface area (Å²) in [6.07, 6.45) is 4.03. The lowest BCUT2D eigenvalue weighted by molar-refractivity contribution is 0.155. The first-order valence-electron chi connectivity index (χ1n) is 11.7. The van der Waals surface area contributed by atoms with Gasteiger partial charge in [0.15, 0.2) is 11.5 Å². The quantitative estimate of drug-likeness (QED) is 0.542. The lowest BCUT2D eigenvalue weighted by atomic mass is 9.65. The van der Waals surface area contributed by atoms with Crippen LogP contribution in [-0.4, -0.2) is 57.9 Å². The Morgan fingerprint density at radius 3 is 2.53 bits per heavy atom. The average molecular weight is 486 g/mol. The molecule has 2 aromatic rings. The van der Waals surface area contributed by atoms with Crippen molar-refractivity contribution >= 4 is 18.0 Å². The van der Waals surface area contributed by atoms with Crippen molar-refractivity contribution in [3.8, 4) is 17.2 Å². The molecule has 0 spiro atoms. The van der Waals surface area contributed by atoms with Gasteiger partial charge in [-0.05, 0) is 86.6 Å². The second-order valence-electron chi connectivity index (χ2n) is 9.16. The van der Waals surface area contributed by atoms with E-state index in [1.807, 2.05) is 30.3 Å². The first-order valence-corrected chi connectivity index (χ1v) is 12.7. The number of likely N-dealkylation sites (N-methyl/N-ethyl adjacent to an activating group) is 1. The SMILES string of the molecule is COc1ccc(CSNC(=O)NC2CCC3(c4ccc(OC)c(OC)c4)CCN(C)C3C2)cc1. The van der Waals surface area contributed by atoms with Gasteiger partial charge in [-0.3, -0.25) is 4.72 Å². The zero-order chi connectivity index (χ0) is 24.1. The molecule has 1 saturated carbocycles. The highest BCUT2D eigenvalue weighted by atomic mass is 32.2. The summed E-state index contributed by atoms with van der Waals surface area (Å²) in [4.78, 5) is 15.0. The number of carbonyl (C=O) groups excluding carboxylic acids is 1. The largest absolute Gasteiger partial charge is 0.497 e. The van der Waals surface area contributed by atoms with Crippen molar-refractivity contribution in [2.45, 2.75) is 48.9 Å². The maximum Gasteiger partial charge on any atom is 0.324 e. The van der Waals surface area contributed by atoms with Gasteiger partial charge in [0.05, 0.1) is 21.3 Å². The molecule has 1 aliphatic carbocycles. The molecule has 1 saturated heterocycles. The number of ether oxygens (including phenoxy) is 3. The van der Waals surface area contributed by atoms with E-state index in [0.29, 0.717) is 11.8 Å². The van der Waals surface area contributed by atoms with Crippen LogP contribution in [0.15, 0.2) is 42.5 Å². The number of amides is 2. The van der Waals surface area contributed by atoms with E-state index < -0.39 is 0 Å². The van der Waals surface area contributed by atoms with Crippen molar-refractivity contribution in [1.82, 2.24) is 14.9 Å². The van der Waals surface area contributed by atoms with Crippen LogP contribution in [0, 0.1) is 0 Å². The number of fused-ring (bicyclic) bond motifs is 1. The lowest BCUT2D eigenvalue weighted by Crippen LogP contribution is -2.52. The smallest absolute Gasteiger partial charge is 0.324 e. The molecular formula is C26H35N3O4S. The molecule has 2 amide bonds. The molecule has 184 valence electrons. The zero-order valence-electron chi connectivity index (χ0n) is 20.4. The normalized spacial score (nSPS) is 24.2. The Labute approximate surface area is 206 Å². The summed E-state index contributed by atoms with van der Waals surface area (Å²) in [5, 5.41) is 3.20. The molecular weight excluding hydrogens is 450 g/mol. The molecule has 2 aromatic carbocycles. The number of methoxy groups -OCH3 is 3. The Bertz CT molecular complexity index is 987. The zero-order valence-corrected chi connectivity index (χ0v) is 21.2. The second kappa shape index (κ2) is 10.8. The Morgan fingerprint density at radius 1 is 1.06 bits per heavy atom. The van der Waals surface area contributed by atoms with Crippen LogP contribution in [0.1, 0.15) is 36.8 Å². The first kappa shape index (κ1) is 24.5. The van der Waals surface area contributed by atoms with Crippen molar-refractivity contribution in [3.05, 3.63) is 53.6 Å². The number of benzene rings is 2. The molecule has 1 heterocycles. The van der Waals surface area contributed by atoms with Crippen LogP contribution in [0.2, 0.25) is 0 Å². The Hall–Kier alpha value is -2.58. The summed E-state index contributed by atoms with van der Waals surface area (Å²) >= 11 is 1.40. The van der Waals surface area contributed by atoms with Crippen molar-refractivity contribution in [2.24, 2.45) is 0 Å². The van der Waals surface area contributed by atoms with Crippen molar-refractivity contribution in [3.63, 3.8) is 0 Å². The van der Waals surface area contributed by atoms with Gasteiger partial charge in [0.2, 0.25) is 0 Å². The van der Waals surface area contributed by atoms with E-state index in [4.69, 9.17) is 14.2 Å². The Kier molecular flexibility index (Phi) is 7.78. The van der Waals surface area contributed by atoms with Crippen LogP contribution in [0.3, 0.4) is 0 Å². The van der Waals surface area contributed by atoms with Crippen LogP contribution >= 0.6 is 11.9 Å². The van der Waals surface area contributed by atoms with Gasteiger partial charge in [-0.1, -0.05) is 18.2 Å². The molecule has 0 aromatic heterocycles. The summed E-state index contributed by atoms with van der Waals surface area (Å²) in [5.74, 6) is 3.06. The van der Waals surface area contributed by atoms with Gasteiger partial charge in [0.25, 0.3) is 0 Å². The topological polar surface area (TPSA) is 72.1 Å². The fraction of sp³-hybridized carbons (Fsp3) is 0.500. The monoisotopic (exact) mass is 485 g/mol. The molecule has 2 aliphatic rings. The van der Waals surface area contributed by atoms with E-state index in [2.05, 4.69) is 34.1 Å². The summed E-state index contributed by atoms with van der Waals surface area (Å²) in [6.45, 7) is 1.05. The van der Waals surface area contributed by atoms with Crippen LogP contribution in [0.5, 0.6) is 17.2 Å². The van der Waals surface area contributed by atoms with Crippen LogP contribution in [-0.2, 0) is 11.2 Å². The van der Waals surface area contributed by atoms with Crippen LogP contribution in [0.25, 0.3) is 0 Å². The number of nitrogens with one attached hydrogen (secondary N) is 2. The van der Waals surface area contributed by atoms with Gasteiger partial charge in [-0.2, -0.15) is 0 Å². The molecule has 2 N–H and O–H groups in total. The minimum absolute atomic E-state index is 0.0755. The number of carbonyl (C=O) groups is 1. The van der Waals surface area contributed by atoms with Gasteiger partial charge in [-0.15, -0.1) is 0 Å². The predicted molar refractivity (Wildman–Crippen MR) is 136 cm³/mol. The second-order valence-corrected chi connectivity index (χ2v) is 9.94. The Balaban J connectivity index is 1.35. The van der Waals surface area contributed by atoms with E-state index in [1.165, 1.54) is 17.5 Å². The predicted octanol–water partition coefficient (Wildman–Crippen LogP) is 4.35. The number of likely N-dealkylation sites (tertiary alicyclic amines) is 1. The van der Waals surface area contributed by atoms with Gasteiger partial charge in [-0.25, -0.2) is 4.79 Å². The minimum atomic E-state index is -0.122. The number of nitrogens with zero attached hydrogens (tertiary/aromatic N) is 1. The van der Waals surface area contributed by atoms with Crippen molar-refractivity contribution in [1.29, 1.82) is 0 Å². The summed E-state index contributed by atoms with van der Waals surface area (Å²) < 4.78 is 19.2. The lowest BCUT2D eigenvalue weighted by Gasteiger charge is -2.45. The highest BCUT2D eigenvalue weighted by Gasteiger charge is 2.50. The van der Waals surface area contributed by atoms with Gasteiger partial charge >= 0.3 is 6.03 Å². The third kappa shape index (κ3) is 5.08. The number of hydrogen-bond donors (Lipinski definition) is 2. The van der Waals surface area contributed by atoms with Gasteiger partial charge in [0.1, 0.15) is 5.75 Å². The van der Waals surface area contributed by atoms with Gasteiger partial charge in [0, 0.05) is 23.3 Å². The van der Waals surface area contributed by atoms with Crippen molar-refractivity contribution in [2.75, 3.05) is 34.9 Å². The molecule has 0 bridgehead atoms. The summed E-state index contributed by atoms with van der Waals surface area (Å²) in [6, 6.07) is 14.6. The maximum atomic E-state index is 12.6. The standard InChI is InChI=1S/C26H35N3O4S/c1-29-14-13-26(19-7-10-22(32-3)23(15-19)33-4)12-11-20(16-24(26)29)27-25(30)28-34-17-18-5-8-21(31-2)9-6-18/h5-10,15,20,24H,11-14,16-17H2,1-4H3,(H2,27,28,30). The Morgan fingerprint density at radius 2 is 1.82 bits per heavy atom. The highest BCUT2D eigenvalue weighted by molar-refractivity contribution is 7.97. The molecule has 3 unspecified atom stereocenters. The molecule has 2 fully saturated rings. The molecule has 4 rings (SSSR count). The number of urea groups is 1. The highest BCUT2D eigenvalue weighted by Crippen LogP contribution is 2.49. The molecule has 34 heavy (non-hydrogen) atoms. The average Bonchev–Trinajstić information content (AvgIpc) is 3.21. The van der Waals surface area contributed by atoms with Crippen molar-refractivity contribution < 1.29 is 19.0 Å². The molecule has 1 aliphatic heterocycles. The fourth-order valence-corrected chi connectivity index (χ4v) is 6.14.